The first-order valence-electron chi connectivity index (χ1n) is 4.22. The Balaban J connectivity index is 2.43. The summed E-state index contributed by atoms with van der Waals surface area (Å²) in [6.07, 6.45) is 3.24. The Bertz CT molecular complexity index is 360. The lowest BCUT2D eigenvalue weighted by Gasteiger charge is -2.02. The van der Waals surface area contributed by atoms with Crippen LogP contribution < -0.4 is 16.2 Å². The molecule has 0 bridgehead atoms. The van der Waals surface area contributed by atoms with Crippen LogP contribution in [-0.4, -0.2) is 29.5 Å². The van der Waals surface area contributed by atoms with Crippen molar-refractivity contribution in [1.82, 2.24) is 15.3 Å². The Morgan fingerprint density at radius 1 is 1.64 bits per heavy atom. The molecule has 6 nitrogen and oxygen atoms in total. The number of carbonyl (C=O) groups is 1. The highest BCUT2D eigenvalue weighted by atomic mass is 16.1. The zero-order valence-electron chi connectivity index (χ0n) is 7.83. The van der Waals surface area contributed by atoms with Crippen LogP contribution in [0.4, 0.5) is 5.82 Å². The van der Waals surface area contributed by atoms with E-state index in [0.717, 1.165) is 0 Å². The molecule has 0 spiro atoms. The Morgan fingerprint density at radius 2 is 2.43 bits per heavy atom. The van der Waals surface area contributed by atoms with E-state index in [2.05, 4.69) is 20.6 Å². The van der Waals surface area contributed by atoms with Gasteiger partial charge in [-0.2, -0.15) is 0 Å². The fourth-order valence-corrected chi connectivity index (χ4v) is 0.897. The van der Waals surface area contributed by atoms with Gasteiger partial charge < -0.3 is 15.6 Å². The van der Waals surface area contributed by atoms with Crippen molar-refractivity contribution in [2.24, 2.45) is 0 Å². The van der Waals surface area contributed by atoms with E-state index in [1.807, 2.05) is 0 Å². The zero-order chi connectivity index (χ0) is 10.4. The Kier molecular flexibility index (Phi) is 3.66. The van der Waals surface area contributed by atoms with Crippen LogP contribution in [0.5, 0.6) is 0 Å². The molecule has 1 aromatic rings. The SMILES string of the molecule is CNC(=O)CCNc1ncc[nH]c1=O. The average molecular weight is 196 g/mol. The molecule has 0 aliphatic rings. The highest BCUT2D eigenvalue weighted by Gasteiger charge is 2.00. The molecule has 3 N–H and O–H groups in total. The maximum Gasteiger partial charge on any atom is 0.290 e. The molecule has 0 saturated heterocycles. The molecule has 0 fully saturated rings. The van der Waals surface area contributed by atoms with Gasteiger partial charge in [-0.05, 0) is 0 Å². The highest BCUT2D eigenvalue weighted by Crippen LogP contribution is 1.89. The van der Waals surface area contributed by atoms with Crippen molar-refractivity contribution in [2.75, 3.05) is 18.9 Å². The van der Waals surface area contributed by atoms with E-state index >= 15 is 0 Å². The molecule has 1 heterocycles. The molecular weight excluding hydrogens is 184 g/mol. The van der Waals surface area contributed by atoms with Gasteiger partial charge in [0, 0.05) is 32.4 Å². The maximum atomic E-state index is 11.1. The number of H-pyrrole nitrogens is 1. The Labute approximate surface area is 80.8 Å². The van der Waals surface area contributed by atoms with Gasteiger partial charge >= 0.3 is 0 Å². The number of amides is 1. The summed E-state index contributed by atoms with van der Waals surface area (Å²) >= 11 is 0. The van der Waals surface area contributed by atoms with E-state index in [1.165, 1.54) is 12.4 Å². The maximum absolute atomic E-state index is 11.1. The summed E-state index contributed by atoms with van der Waals surface area (Å²) in [6, 6.07) is 0. The average Bonchev–Trinajstić information content (AvgIpc) is 2.20. The molecule has 14 heavy (non-hydrogen) atoms. The van der Waals surface area contributed by atoms with Crippen molar-refractivity contribution in [3.63, 3.8) is 0 Å². The molecule has 0 aromatic carbocycles. The van der Waals surface area contributed by atoms with Crippen LogP contribution in [0.15, 0.2) is 17.2 Å². The fourth-order valence-electron chi connectivity index (χ4n) is 0.897. The van der Waals surface area contributed by atoms with Crippen LogP contribution in [0.25, 0.3) is 0 Å². The summed E-state index contributed by atoms with van der Waals surface area (Å²) in [6.45, 7) is 0.389. The van der Waals surface area contributed by atoms with Crippen LogP contribution in [0.3, 0.4) is 0 Å². The van der Waals surface area contributed by atoms with Crippen LogP contribution in [-0.2, 0) is 4.79 Å². The minimum absolute atomic E-state index is 0.0788. The molecular formula is C8H12N4O2. The van der Waals surface area contributed by atoms with E-state index < -0.39 is 0 Å². The van der Waals surface area contributed by atoms with E-state index in [-0.39, 0.29) is 17.3 Å². The molecule has 1 aromatic heterocycles. The number of hydrogen-bond donors (Lipinski definition) is 3. The number of nitrogens with zero attached hydrogens (tertiary/aromatic N) is 1. The molecule has 0 aliphatic carbocycles. The normalized spacial score (nSPS) is 9.50. The van der Waals surface area contributed by atoms with Crippen molar-refractivity contribution in [3.05, 3.63) is 22.7 Å². The molecule has 0 aliphatic heterocycles. The largest absolute Gasteiger partial charge is 0.365 e. The number of hydrogen-bond acceptors (Lipinski definition) is 4. The molecule has 0 unspecified atom stereocenters. The Morgan fingerprint density at radius 3 is 3.07 bits per heavy atom. The lowest BCUT2D eigenvalue weighted by molar-refractivity contribution is -0.120. The third-order valence-corrected chi connectivity index (χ3v) is 1.63. The third kappa shape index (κ3) is 2.89. The number of aromatic amines is 1. The molecule has 1 amide bonds. The standard InChI is InChI=1S/C8H12N4O2/c1-9-6(13)2-3-10-7-8(14)12-5-4-11-7/h4-5H,2-3H2,1H3,(H,9,13)(H,10,11)(H,12,14). The summed E-state index contributed by atoms with van der Waals surface area (Å²) in [4.78, 5) is 28.2. The van der Waals surface area contributed by atoms with Crippen LogP contribution in [0.1, 0.15) is 6.42 Å². The smallest absolute Gasteiger partial charge is 0.290 e. The van der Waals surface area contributed by atoms with Gasteiger partial charge in [0.05, 0.1) is 0 Å². The van der Waals surface area contributed by atoms with Gasteiger partial charge in [-0.1, -0.05) is 0 Å². The fraction of sp³-hybridized carbons (Fsp3) is 0.375. The molecule has 0 atom stereocenters. The predicted octanol–water partition coefficient (Wildman–Crippen LogP) is -0.682. The topological polar surface area (TPSA) is 86.9 Å². The second-order valence-corrected chi connectivity index (χ2v) is 2.62. The Hall–Kier alpha value is -1.85. The molecule has 6 heteroatoms. The summed E-state index contributed by atoms with van der Waals surface area (Å²) in [7, 11) is 1.57. The van der Waals surface area contributed by atoms with Gasteiger partial charge in [0.25, 0.3) is 5.56 Å². The van der Waals surface area contributed by atoms with E-state index in [0.29, 0.717) is 13.0 Å². The number of aromatic nitrogens is 2. The minimum atomic E-state index is -0.288. The number of rotatable bonds is 4. The van der Waals surface area contributed by atoms with E-state index in [1.54, 1.807) is 7.05 Å². The van der Waals surface area contributed by atoms with Crippen molar-refractivity contribution in [2.45, 2.75) is 6.42 Å². The van der Waals surface area contributed by atoms with Crippen LogP contribution >= 0.6 is 0 Å². The quantitative estimate of drug-likeness (QED) is 0.595. The third-order valence-electron chi connectivity index (χ3n) is 1.63. The second kappa shape index (κ2) is 5.00. The number of nitrogens with one attached hydrogen (secondary N) is 3. The second-order valence-electron chi connectivity index (χ2n) is 2.62. The first-order chi connectivity index (χ1) is 6.74. The van der Waals surface area contributed by atoms with Gasteiger partial charge in [-0.3, -0.25) is 9.59 Å². The highest BCUT2D eigenvalue weighted by molar-refractivity contribution is 5.75. The van der Waals surface area contributed by atoms with Crippen molar-refractivity contribution in [1.29, 1.82) is 0 Å². The van der Waals surface area contributed by atoms with Gasteiger partial charge in [0.2, 0.25) is 5.91 Å². The molecule has 0 saturated carbocycles. The predicted molar refractivity (Wildman–Crippen MR) is 52.0 cm³/mol. The van der Waals surface area contributed by atoms with E-state index in [9.17, 15) is 9.59 Å². The zero-order valence-corrected chi connectivity index (χ0v) is 7.83. The molecule has 0 radical (unpaired) electrons. The van der Waals surface area contributed by atoms with Crippen LogP contribution in [0.2, 0.25) is 0 Å². The van der Waals surface area contributed by atoms with E-state index in [4.69, 9.17) is 0 Å². The lowest BCUT2D eigenvalue weighted by atomic mass is 10.4. The van der Waals surface area contributed by atoms with Crippen molar-refractivity contribution in [3.8, 4) is 0 Å². The molecule has 76 valence electrons. The summed E-state index contributed by atoms with van der Waals surface area (Å²) in [5, 5.41) is 5.24. The summed E-state index contributed by atoms with van der Waals surface area (Å²) in [5.41, 5.74) is -0.288. The monoisotopic (exact) mass is 196 g/mol. The van der Waals surface area contributed by atoms with Gasteiger partial charge in [0.1, 0.15) is 0 Å². The van der Waals surface area contributed by atoms with Gasteiger partial charge in [-0.25, -0.2) is 4.98 Å². The van der Waals surface area contributed by atoms with Gasteiger partial charge in [-0.15, -0.1) is 0 Å². The van der Waals surface area contributed by atoms with Crippen molar-refractivity contribution < 1.29 is 4.79 Å². The van der Waals surface area contributed by atoms with Gasteiger partial charge in [0.15, 0.2) is 5.82 Å². The first-order valence-corrected chi connectivity index (χ1v) is 4.22. The first kappa shape index (κ1) is 10.2. The summed E-state index contributed by atoms with van der Waals surface area (Å²) in [5.74, 6) is 0.154. The molecule has 1 rings (SSSR count). The number of carbonyl (C=O) groups excluding carboxylic acids is 1. The number of anilines is 1. The minimum Gasteiger partial charge on any atom is -0.365 e. The van der Waals surface area contributed by atoms with Crippen molar-refractivity contribution >= 4 is 11.7 Å². The lowest BCUT2D eigenvalue weighted by Crippen LogP contribution is -2.23. The van der Waals surface area contributed by atoms with Crippen LogP contribution in [0, 0.1) is 0 Å². The summed E-state index contributed by atoms with van der Waals surface area (Å²) < 4.78 is 0.